The molecule has 4 rings (SSSR count). The minimum Gasteiger partial charge on any atom is -0.383 e. The third-order valence-corrected chi connectivity index (χ3v) is 6.41. The van der Waals surface area contributed by atoms with E-state index in [9.17, 15) is 9.90 Å². The summed E-state index contributed by atoms with van der Waals surface area (Å²) in [6.07, 6.45) is -0.427. The lowest BCUT2D eigenvalue weighted by Gasteiger charge is -2.37. The zero-order chi connectivity index (χ0) is 23.7. The Morgan fingerprint density at radius 1 is 1.00 bits per heavy atom. The second kappa shape index (κ2) is 9.48. The van der Waals surface area contributed by atoms with Crippen LogP contribution >= 0.6 is 0 Å². The van der Waals surface area contributed by atoms with Crippen LogP contribution in [0.25, 0.3) is 22.3 Å². The van der Waals surface area contributed by atoms with Gasteiger partial charge >= 0.3 is 0 Å². The monoisotopic (exact) mass is 446 g/mol. The van der Waals surface area contributed by atoms with Crippen LogP contribution in [-0.2, 0) is 4.79 Å². The number of benzene rings is 2. The maximum Gasteiger partial charge on any atom is 0.251 e. The standard InChI is InChI=1S/C27H34N4O2/c1-17(2)15-23(32)27(33)31-13-11-30(12-14-31)26-21-10-9-18(3)16-22(21)28-25(29-26)24-19(4)7-6-8-20(24)5/h6-10,16-17,23,32H,11-15H2,1-5H3/t23-/m1/s1. The molecular formula is C27H34N4O2. The molecule has 0 spiro atoms. The Bertz CT molecular complexity index is 1150. The zero-order valence-electron chi connectivity index (χ0n) is 20.3. The SMILES string of the molecule is Cc1ccc2c(N3CCN(C(=O)[C@H](O)CC(C)C)CC3)nc(-c3c(C)cccc3C)nc2c1. The van der Waals surface area contributed by atoms with E-state index in [1.165, 1.54) is 0 Å². The molecule has 1 saturated heterocycles. The van der Waals surface area contributed by atoms with Crippen LogP contribution in [-0.4, -0.2) is 58.2 Å². The first-order valence-electron chi connectivity index (χ1n) is 11.8. The number of hydrogen-bond acceptors (Lipinski definition) is 5. The number of hydrogen-bond donors (Lipinski definition) is 1. The van der Waals surface area contributed by atoms with Gasteiger partial charge in [-0.05, 0) is 61.9 Å². The average molecular weight is 447 g/mol. The van der Waals surface area contributed by atoms with Crippen molar-refractivity contribution >= 4 is 22.6 Å². The van der Waals surface area contributed by atoms with Crippen molar-refractivity contribution in [1.29, 1.82) is 0 Å². The van der Waals surface area contributed by atoms with Gasteiger partial charge in [-0.3, -0.25) is 4.79 Å². The van der Waals surface area contributed by atoms with Gasteiger partial charge in [-0.15, -0.1) is 0 Å². The largest absolute Gasteiger partial charge is 0.383 e. The number of rotatable bonds is 5. The number of anilines is 1. The topological polar surface area (TPSA) is 69.6 Å². The lowest BCUT2D eigenvalue weighted by molar-refractivity contribution is -0.141. The summed E-state index contributed by atoms with van der Waals surface area (Å²) in [4.78, 5) is 26.7. The van der Waals surface area contributed by atoms with Crippen LogP contribution < -0.4 is 4.90 Å². The number of carbonyl (C=O) groups excluding carboxylic acids is 1. The predicted octanol–water partition coefficient (Wildman–Crippen LogP) is 4.28. The summed E-state index contributed by atoms with van der Waals surface area (Å²) in [6, 6.07) is 12.6. The Balaban J connectivity index is 1.66. The predicted molar refractivity (Wildman–Crippen MR) is 133 cm³/mol. The van der Waals surface area contributed by atoms with E-state index in [4.69, 9.17) is 9.97 Å². The highest BCUT2D eigenvalue weighted by Crippen LogP contribution is 2.31. The number of aliphatic hydroxyl groups is 1. The fourth-order valence-corrected chi connectivity index (χ4v) is 4.64. The Morgan fingerprint density at radius 3 is 2.30 bits per heavy atom. The zero-order valence-corrected chi connectivity index (χ0v) is 20.3. The summed E-state index contributed by atoms with van der Waals surface area (Å²) >= 11 is 0. The molecule has 6 nitrogen and oxygen atoms in total. The van der Waals surface area contributed by atoms with Gasteiger partial charge in [0.15, 0.2) is 5.82 Å². The van der Waals surface area contributed by atoms with Crippen molar-refractivity contribution < 1.29 is 9.90 Å². The van der Waals surface area contributed by atoms with E-state index in [-0.39, 0.29) is 11.8 Å². The lowest BCUT2D eigenvalue weighted by Crippen LogP contribution is -2.52. The van der Waals surface area contributed by atoms with Crippen LogP contribution in [0.1, 0.15) is 37.0 Å². The van der Waals surface area contributed by atoms with Crippen LogP contribution in [0.4, 0.5) is 5.82 Å². The Kier molecular flexibility index (Phi) is 6.66. The van der Waals surface area contributed by atoms with Crippen molar-refractivity contribution in [3.8, 4) is 11.4 Å². The van der Waals surface area contributed by atoms with Crippen LogP contribution in [0.5, 0.6) is 0 Å². The molecule has 3 aromatic rings. The number of piperazine rings is 1. The molecule has 1 aromatic heterocycles. The molecule has 174 valence electrons. The molecule has 0 radical (unpaired) electrons. The molecule has 2 aromatic carbocycles. The summed E-state index contributed by atoms with van der Waals surface area (Å²) in [7, 11) is 0. The lowest BCUT2D eigenvalue weighted by atomic mass is 10.0. The number of fused-ring (bicyclic) bond motifs is 1. The van der Waals surface area contributed by atoms with Gasteiger partial charge in [-0.2, -0.15) is 0 Å². The van der Waals surface area contributed by atoms with E-state index in [2.05, 4.69) is 62.1 Å². The van der Waals surface area contributed by atoms with E-state index in [0.29, 0.717) is 32.6 Å². The Morgan fingerprint density at radius 2 is 1.67 bits per heavy atom. The molecule has 1 aliphatic heterocycles. The average Bonchev–Trinajstić information content (AvgIpc) is 2.77. The summed E-state index contributed by atoms with van der Waals surface area (Å²) in [5, 5.41) is 11.3. The van der Waals surface area contributed by atoms with Gasteiger partial charge in [-0.25, -0.2) is 9.97 Å². The molecule has 6 heteroatoms. The van der Waals surface area contributed by atoms with Gasteiger partial charge in [0.25, 0.3) is 5.91 Å². The highest BCUT2D eigenvalue weighted by atomic mass is 16.3. The van der Waals surface area contributed by atoms with Crippen molar-refractivity contribution in [2.24, 2.45) is 5.92 Å². The minimum atomic E-state index is -0.921. The molecule has 0 saturated carbocycles. The molecule has 33 heavy (non-hydrogen) atoms. The van der Waals surface area contributed by atoms with Crippen molar-refractivity contribution in [2.75, 3.05) is 31.1 Å². The van der Waals surface area contributed by atoms with Gasteiger partial charge in [0.1, 0.15) is 11.9 Å². The van der Waals surface area contributed by atoms with Crippen LogP contribution in [0, 0.1) is 26.7 Å². The quantitative estimate of drug-likeness (QED) is 0.634. The molecule has 2 heterocycles. The number of carbonyl (C=O) groups is 1. The van der Waals surface area contributed by atoms with E-state index in [0.717, 1.165) is 44.8 Å². The first kappa shape index (κ1) is 23.2. The molecule has 1 atom stereocenters. The second-order valence-corrected chi connectivity index (χ2v) is 9.62. The molecule has 1 fully saturated rings. The molecular weight excluding hydrogens is 412 g/mol. The summed E-state index contributed by atoms with van der Waals surface area (Å²) < 4.78 is 0. The van der Waals surface area contributed by atoms with Gasteiger partial charge in [-0.1, -0.05) is 38.1 Å². The van der Waals surface area contributed by atoms with Crippen molar-refractivity contribution in [2.45, 2.75) is 47.1 Å². The molecule has 0 aliphatic carbocycles. The summed E-state index contributed by atoms with van der Waals surface area (Å²) in [5.74, 6) is 1.77. The van der Waals surface area contributed by atoms with E-state index >= 15 is 0 Å². The molecule has 0 unspecified atom stereocenters. The van der Waals surface area contributed by atoms with Crippen molar-refractivity contribution in [3.05, 3.63) is 53.1 Å². The van der Waals surface area contributed by atoms with E-state index in [1.54, 1.807) is 4.90 Å². The smallest absolute Gasteiger partial charge is 0.251 e. The van der Waals surface area contributed by atoms with E-state index in [1.807, 2.05) is 13.8 Å². The number of aryl methyl sites for hydroxylation is 3. The van der Waals surface area contributed by atoms with Crippen LogP contribution in [0.2, 0.25) is 0 Å². The van der Waals surface area contributed by atoms with Gasteiger partial charge in [0.05, 0.1) is 5.52 Å². The Hall–Kier alpha value is -2.99. The number of aliphatic hydroxyl groups excluding tert-OH is 1. The Labute approximate surface area is 196 Å². The van der Waals surface area contributed by atoms with Gasteiger partial charge < -0.3 is 14.9 Å². The van der Waals surface area contributed by atoms with Gasteiger partial charge in [0, 0.05) is 37.1 Å². The highest BCUT2D eigenvalue weighted by molar-refractivity contribution is 5.92. The fraction of sp³-hybridized carbons (Fsp3) is 0.444. The van der Waals surface area contributed by atoms with E-state index < -0.39 is 6.10 Å². The minimum absolute atomic E-state index is 0.164. The molecule has 0 bridgehead atoms. The van der Waals surface area contributed by atoms with Crippen molar-refractivity contribution in [3.63, 3.8) is 0 Å². The number of nitrogens with zero attached hydrogens (tertiary/aromatic N) is 4. The molecule has 1 N–H and O–H groups in total. The van der Waals surface area contributed by atoms with Crippen LogP contribution in [0.3, 0.4) is 0 Å². The first-order valence-corrected chi connectivity index (χ1v) is 11.8. The maximum atomic E-state index is 12.7. The van der Waals surface area contributed by atoms with Gasteiger partial charge in [0.2, 0.25) is 0 Å². The molecule has 1 amide bonds. The number of aromatic nitrogens is 2. The normalized spacial score (nSPS) is 15.4. The maximum absolute atomic E-state index is 12.7. The van der Waals surface area contributed by atoms with Crippen LogP contribution in [0.15, 0.2) is 36.4 Å². The third kappa shape index (κ3) is 4.86. The fourth-order valence-electron chi connectivity index (χ4n) is 4.64. The highest BCUT2D eigenvalue weighted by Gasteiger charge is 2.28. The second-order valence-electron chi connectivity index (χ2n) is 9.62. The summed E-state index contributed by atoms with van der Waals surface area (Å²) in [6.45, 7) is 12.8. The molecule has 1 aliphatic rings. The van der Waals surface area contributed by atoms with Crippen molar-refractivity contribution in [1.82, 2.24) is 14.9 Å². The third-order valence-electron chi connectivity index (χ3n) is 6.41. The summed E-state index contributed by atoms with van der Waals surface area (Å²) in [5.41, 5.74) is 5.48. The number of amides is 1. The first-order chi connectivity index (χ1) is 15.7.